The number of nitrogens with zero attached hydrogens (tertiary/aromatic N) is 2. The first-order chi connectivity index (χ1) is 17.6. The number of halogens is 3. The lowest BCUT2D eigenvalue weighted by molar-refractivity contribution is -0.136. The Balaban J connectivity index is 1.55. The second-order valence-electron chi connectivity index (χ2n) is 10.3. The van der Waals surface area contributed by atoms with E-state index in [1.54, 1.807) is 30.3 Å². The van der Waals surface area contributed by atoms with E-state index in [4.69, 9.17) is 39.5 Å². The van der Waals surface area contributed by atoms with Crippen LogP contribution in [0, 0.1) is 12.3 Å². The lowest BCUT2D eigenvalue weighted by Gasteiger charge is -2.42. The highest BCUT2D eigenvalue weighted by atomic mass is 35.5. The molecule has 202 valence electrons. The van der Waals surface area contributed by atoms with E-state index in [-0.39, 0.29) is 31.2 Å². The van der Waals surface area contributed by atoms with Crippen molar-refractivity contribution in [2.75, 3.05) is 32.8 Å². The third-order valence-electron chi connectivity index (χ3n) is 7.26. The number of piperidine rings is 2. The van der Waals surface area contributed by atoms with Gasteiger partial charge in [0.15, 0.2) is 0 Å². The van der Waals surface area contributed by atoms with Crippen LogP contribution >= 0.6 is 34.8 Å². The van der Waals surface area contributed by atoms with E-state index < -0.39 is 15.4 Å². The molecule has 2 fully saturated rings. The molecule has 2 saturated heterocycles. The molecule has 2 aliphatic rings. The number of benzene rings is 2. The van der Waals surface area contributed by atoms with Crippen molar-refractivity contribution in [1.29, 1.82) is 0 Å². The minimum atomic E-state index is -3.66. The molecule has 2 aromatic rings. The Bertz CT molecular complexity index is 1230. The van der Waals surface area contributed by atoms with Gasteiger partial charge in [-0.15, -0.1) is 0 Å². The van der Waals surface area contributed by atoms with Crippen LogP contribution in [0.5, 0.6) is 5.75 Å². The van der Waals surface area contributed by atoms with E-state index >= 15 is 0 Å². The Morgan fingerprint density at radius 1 is 0.946 bits per heavy atom. The van der Waals surface area contributed by atoms with Gasteiger partial charge in [-0.3, -0.25) is 4.79 Å². The summed E-state index contributed by atoms with van der Waals surface area (Å²) >= 11 is 18.3. The van der Waals surface area contributed by atoms with Crippen LogP contribution in [0.2, 0.25) is 15.1 Å². The van der Waals surface area contributed by atoms with Crippen LogP contribution in [0.3, 0.4) is 0 Å². The van der Waals surface area contributed by atoms with Crippen LogP contribution in [0.15, 0.2) is 36.4 Å². The number of ether oxygens (including phenoxy) is 1. The summed E-state index contributed by atoms with van der Waals surface area (Å²) < 4.78 is 34.7. The highest BCUT2D eigenvalue weighted by Gasteiger charge is 2.43. The average Bonchev–Trinajstić information content (AvgIpc) is 2.87. The second-order valence-corrected chi connectivity index (χ2v) is 13.5. The van der Waals surface area contributed by atoms with Gasteiger partial charge in [0.25, 0.3) is 0 Å². The summed E-state index contributed by atoms with van der Waals surface area (Å²) in [4.78, 5) is 15.3. The number of hydrogen-bond acceptors (Lipinski definition) is 4. The fraction of sp³-hybridized carbons (Fsp3) is 0.519. The summed E-state index contributed by atoms with van der Waals surface area (Å²) in [5.74, 6) is 0.541. The molecule has 0 aromatic heterocycles. The van der Waals surface area contributed by atoms with Gasteiger partial charge >= 0.3 is 0 Å². The highest BCUT2D eigenvalue weighted by molar-refractivity contribution is 7.88. The maximum Gasteiger partial charge on any atom is 0.223 e. The van der Waals surface area contributed by atoms with Crippen molar-refractivity contribution in [2.24, 2.45) is 5.41 Å². The first-order valence-electron chi connectivity index (χ1n) is 12.7. The van der Waals surface area contributed by atoms with Crippen molar-refractivity contribution in [1.82, 2.24) is 9.21 Å². The molecule has 2 heterocycles. The van der Waals surface area contributed by atoms with E-state index in [0.717, 1.165) is 37.9 Å². The van der Waals surface area contributed by atoms with Crippen LogP contribution < -0.4 is 4.74 Å². The maximum absolute atomic E-state index is 13.5. The van der Waals surface area contributed by atoms with E-state index in [0.29, 0.717) is 45.8 Å². The molecule has 1 amide bonds. The molecule has 0 spiro atoms. The molecule has 4 rings (SSSR count). The zero-order valence-corrected chi connectivity index (χ0v) is 24.1. The molecule has 2 aliphatic heterocycles. The van der Waals surface area contributed by atoms with Crippen LogP contribution in [0.1, 0.15) is 49.7 Å². The Kier molecular flexibility index (Phi) is 9.34. The van der Waals surface area contributed by atoms with Crippen molar-refractivity contribution in [3.63, 3.8) is 0 Å². The Hall–Kier alpha value is -1.51. The molecule has 1 unspecified atom stereocenters. The van der Waals surface area contributed by atoms with Crippen LogP contribution in [-0.4, -0.2) is 56.3 Å². The van der Waals surface area contributed by atoms with Crippen molar-refractivity contribution in [3.8, 4) is 5.75 Å². The number of sulfonamides is 1. The first-order valence-corrected chi connectivity index (χ1v) is 15.4. The smallest absolute Gasteiger partial charge is 0.223 e. The van der Waals surface area contributed by atoms with Gasteiger partial charge in [-0.1, -0.05) is 40.9 Å². The largest absolute Gasteiger partial charge is 0.493 e. The fourth-order valence-electron chi connectivity index (χ4n) is 5.16. The van der Waals surface area contributed by atoms with Crippen molar-refractivity contribution in [3.05, 3.63) is 62.6 Å². The fourth-order valence-corrected chi connectivity index (χ4v) is 7.26. The first kappa shape index (κ1) is 28.5. The molecule has 0 radical (unpaired) electrons. The quantitative estimate of drug-likeness (QED) is 0.361. The Labute approximate surface area is 234 Å². The molecular weight excluding hydrogens is 555 g/mol. The van der Waals surface area contributed by atoms with E-state index in [1.165, 1.54) is 4.31 Å². The molecular formula is C27H33Cl3N2O4S. The predicted octanol–water partition coefficient (Wildman–Crippen LogP) is 6.35. The highest BCUT2D eigenvalue weighted by Crippen LogP contribution is 2.37. The van der Waals surface area contributed by atoms with Gasteiger partial charge in [0.05, 0.1) is 22.4 Å². The summed E-state index contributed by atoms with van der Waals surface area (Å²) in [6.07, 6.45) is 4.74. The van der Waals surface area contributed by atoms with Crippen molar-refractivity contribution in [2.45, 2.75) is 51.2 Å². The lowest BCUT2D eigenvalue weighted by atomic mass is 9.78. The summed E-state index contributed by atoms with van der Waals surface area (Å²) in [7, 11) is -3.66. The lowest BCUT2D eigenvalue weighted by Crippen LogP contribution is -2.51. The molecule has 6 nitrogen and oxygen atoms in total. The van der Waals surface area contributed by atoms with Gasteiger partial charge in [0.2, 0.25) is 15.9 Å². The summed E-state index contributed by atoms with van der Waals surface area (Å²) in [6, 6.07) is 10.3. The number of hydrogen-bond donors (Lipinski definition) is 0. The number of aryl methyl sites for hydroxylation is 1. The maximum atomic E-state index is 13.5. The minimum Gasteiger partial charge on any atom is -0.493 e. The van der Waals surface area contributed by atoms with Gasteiger partial charge in [-0.2, -0.15) is 0 Å². The van der Waals surface area contributed by atoms with Crippen LogP contribution in [-0.2, 0) is 20.6 Å². The third-order valence-corrected chi connectivity index (χ3v) is 10.2. The summed E-state index contributed by atoms with van der Waals surface area (Å²) in [5, 5.41) is 1.35. The topological polar surface area (TPSA) is 66.9 Å². The van der Waals surface area contributed by atoms with Crippen molar-refractivity contribution < 1.29 is 17.9 Å². The zero-order valence-electron chi connectivity index (χ0n) is 21.0. The minimum absolute atomic E-state index is 0.0688. The van der Waals surface area contributed by atoms with Crippen molar-refractivity contribution >= 4 is 50.7 Å². The Morgan fingerprint density at radius 2 is 1.68 bits per heavy atom. The van der Waals surface area contributed by atoms with E-state index in [2.05, 4.69) is 0 Å². The number of carbonyl (C=O) groups excluding carboxylic acids is 1. The number of amides is 1. The number of carbonyl (C=O) groups is 1. The monoisotopic (exact) mass is 586 g/mol. The standard InChI is InChI=1S/C27H33Cl3N2O4S/c1-20-14-22(7-9-23(20)28)36-19-27(16-26(33)31-11-3-2-4-12-31)10-5-13-32(18-27)37(34,35)17-21-6-8-24(29)25(30)15-21/h6-9,14-15H,2-5,10-13,16-19H2,1H3. The van der Waals surface area contributed by atoms with E-state index in [9.17, 15) is 13.2 Å². The molecule has 0 aliphatic carbocycles. The average molecular weight is 588 g/mol. The van der Waals surface area contributed by atoms with Crippen LogP contribution in [0.25, 0.3) is 0 Å². The zero-order chi connectivity index (χ0) is 26.6. The summed E-state index contributed by atoms with van der Waals surface area (Å²) in [6.45, 7) is 4.29. The number of likely N-dealkylation sites (tertiary alicyclic amines) is 1. The number of rotatable bonds is 8. The normalized spacial score (nSPS) is 21.1. The molecule has 0 saturated carbocycles. The van der Waals surface area contributed by atoms with Gasteiger partial charge in [0.1, 0.15) is 5.75 Å². The Morgan fingerprint density at radius 3 is 2.38 bits per heavy atom. The van der Waals surface area contributed by atoms with Crippen LogP contribution in [0.4, 0.5) is 0 Å². The summed E-state index contributed by atoms with van der Waals surface area (Å²) in [5.41, 5.74) is 0.834. The SMILES string of the molecule is Cc1cc(OCC2(CC(=O)N3CCCCC3)CCCN(S(=O)(=O)Cc3ccc(Cl)c(Cl)c3)C2)ccc1Cl. The molecule has 0 bridgehead atoms. The van der Waals surface area contributed by atoms with Gasteiger partial charge < -0.3 is 9.64 Å². The third kappa shape index (κ3) is 7.33. The van der Waals surface area contributed by atoms with Gasteiger partial charge in [0, 0.05) is 43.0 Å². The molecule has 10 heteroatoms. The predicted molar refractivity (Wildman–Crippen MR) is 149 cm³/mol. The molecule has 2 aromatic carbocycles. The van der Waals surface area contributed by atoms with Gasteiger partial charge in [-0.05, 0) is 80.5 Å². The molecule has 0 N–H and O–H groups in total. The van der Waals surface area contributed by atoms with E-state index in [1.807, 2.05) is 17.9 Å². The molecule has 1 atom stereocenters. The van der Waals surface area contributed by atoms with Gasteiger partial charge in [-0.25, -0.2) is 12.7 Å². The molecule has 37 heavy (non-hydrogen) atoms. The second kappa shape index (κ2) is 12.1.